The van der Waals surface area contributed by atoms with E-state index in [1.54, 1.807) is 29.8 Å². The molecule has 0 unspecified atom stereocenters. The van der Waals surface area contributed by atoms with Gasteiger partial charge in [0, 0.05) is 24.3 Å². The number of nitrogens with two attached hydrogens (primary N) is 1. The third-order valence-corrected chi connectivity index (χ3v) is 4.10. The number of hydrogen-bond donors (Lipinski definition) is 2. The average molecular weight is 322 g/mol. The van der Waals surface area contributed by atoms with Crippen LogP contribution in [-0.4, -0.2) is 32.5 Å². The van der Waals surface area contributed by atoms with Crippen LogP contribution in [0.15, 0.2) is 18.2 Å². The lowest BCUT2D eigenvalue weighted by atomic mass is 10.2. The van der Waals surface area contributed by atoms with Crippen molar-refractivity contribution in [3.63, 3.8) is 0 Å². The molecular weight excluding hydrogens is 306 g/mol. The highest BCUT2D eigenvalue weighted by Gasteiger charge is 2.22. The Morgan fingerprint density at radius 2 is 2.15 bits per heavy atom. The van der Waals surface area contributed by atoms with Gasteiger partial charge < -0.3 is 10.5 Å². The van der Waals surface area contributed by atoms with Crippen LogP contribution >= 0.6 is 11.6 Å². The van der Waals surface area contributed by atoms with Crippen LogP contribution in [0.2, 0.25) is 5.02 Å². The second kappa shape index (κ2) is 6.78. The first-order valence-electron chi connectivity index (χ1n) is 5.71. The number of carbonyl (C=O) groups is 1. The van der Waals surface area contributed by atoms with Gasteiger partial charge in [0.15, 0.2) is 0 Å². The summed E-state index contributed by atoms with van der Waals surface area (Å²) in [6.45, 7) is 1.62. The molecule has 0 bridgehead atoms. The first-order valence-corrected chi connectivity index (χ1v) is 7.52. The second-order valence-corrected chi connectivity index (χ2v) is 6.12. The quantitative estimate of drug-likeness (QED) is 0.797. The Bertz CT molecular complexity index is 591. The van der Waals surface area contributed by atoms with Crippen molar-refractivity contribution in [1.82, 2.24) is 9.03 Å². The number of halogens is 1. The van der Waals surface area contributed by atoms with E-state index in [1.807, 2.05) is 0 Å². The molecule has 0 aliphatic rings. The molecule has 0 fully saturated rings. The highest BCUT2D eigenvalue weighted by molar-refractivity contribution is 7.87. The van der Waals surface area contributed by atoms with Crippen molar-refractivity contribution in [3.8, 4) is 0 Å². The maximum absolute atomic E-state index is 11.9. The van der Waals surface area contributed by atoms with Crippen LogP contribution in [0.1, 0.15) is 12.5 Å². The van der Waals surface area contributed by atoms with Gasteiger partial charge in [-0.2, -0.15) is 12.7 Å². The zero-order chi connectivity index (χ0) is 15.3. The van der Waals surface area contributed by atoms with Gasteiger partial charge in [0.25, 0.3) is 0 Å². The number of carbonyl (C=O) groups excluding carboxylic acids is 1. The molecule has 0 aromatic heterocycles. The summed E-state index contributed by atoms with van der Waals surface area (Å²) in [6.07, 6.45) is -1.03. The smallest absolute Gasteiger partial charge is 0.421 e. The first kappa shape index (κ1) is 16.5. The van der Waals surface area contributed by atoms with E-state index >= 15 is 0 Å². The molecular formula is C11H16ClN3O4S. The first-order chi connectivity index (χ1) is 9.26. The molecule has 9 heteroatoms. The summed E-state index contributed by atoms with van der Waals surface area (Å²) in [7, 11) is -2.69. The van der Waals surface area contributed by atoms with Crippen LogP contribution in [-0.2, 0) is 21.5 Å². The van der Waals surface area contributed by atoms with Crippen molar-refractivity contribution in [2.45, 2.75) is 13.5 Å². The van der Waals surface area contributed by atoms with E-state index in [0.717, 1.165) is 4.31 Å². The number of nitrogens with one attached hydrogen (secondary N) is 1. The number of nitrogen functional groups attached to an aromatic ring is 1. The summed E-state index contributed by atoms with van der Waals surface area (Å²) in [5.74, 6) is 0. The molecule has 0 aliphatic heterocycles. The maximum Gasteiger partial charge on any atom is 0.421 e. The van der Waals surface area contributed by atoms with Crippen molar-refractivity contribution < 1.29 is 17.9 Å². The van der Waals surface area contributed by atoms with Gasteiger partial charge in [-0.25, -0.2) is 9.52 Å². The summed E-state index contributed by atoms with van der Waals surface area (Å²) in [6, 6.07) is 4.75. The minimum absolute atomic E-state index is 0.0292. The molecule has 0 radical (unpaired) electrons. The topological polar surface area (TPSA) is 102 Å². The maximum atomic E-state index is 11.9. The predicted molar refractivity (Wildman–Crippen MR) is 76.4 cm³/mol. The van der Waals surface area contributed by atoms with E-state index in [2.05, 4.69) is 4.74 Å². The Hall–Kier alpha value is -1.51. The summed E-state index contributed by atoms with van der Waals surface area (Å²) in [5, 5.41) is 0.386. The van der Waals surface area contributed by atoms with E-state index < -0.39 is 16.3 Å². The zero-order valence-electron chi connectivity index (χ0n) is 11.1. The lowest BCUT2D eigenvalue weighted by Gasteiger charge is -2.18. The largest absolute Gasteiger partial charge is 0.449 e. The molecule has 3 N–H and O–H groups in total. The Morgan fingerprint density at radius 1 is 1.50 bits per heavy atom. The van der Waals surface area contributed by atoms with Gasteiger partial charge in [-0.1, -0.05) is 11.6 Å². The minimum Gasteiger partial charge on any atom is -0.449 e. The lowest BCUT2D eigenvalue weighted by molar-refractivity contribution is 0.158. The third-order valence-electron chi connectivity index (χ3n) is 2.36. The van der Waals surface area contributed by atoms with Crippen molar-refractivity contribution in [1.29, 1.82) is 0 Å². The number of rotatable bonds is 5. The van der Waals surface area contributed by atoms with Crippen molar-refractivity contribution >= 4 is 33.6 Å². The molecule has 0 heterocycles. The van der Waals surface area contributed by atoms with E-state index in [1.165, 1.54) is 7.05 Å². The molecule has 0 atom stereocenters. The van der Waals surface area contributed by atoms with Crippen LogP contribution < -0.4 is 10.5 Å². The van der Waals surface area contributed by atoms with Crippen molar-refractivity contribution in [2.75, 3.05) is 19.4 Å². The standard InChI is InChI=1S/C11H16ClN3O4S/c1-3-19-11(16)14-20(17,18)15(2)7-8-6-9(13)4-5-10(8)12/h4-6H,3,7,13H2,1-2H3,(H,14,16). The summed E-state index contributed by atoms with van der Waals surface area (Å²) in [5.41, 5.74) is 6.61. The Labute approximate surface area is 122 Å². The molecule has 0 spiro atoms. The summed E-state index contributed by atoms with van der Waals surface area (Å²) < 4.78 is 30.9. The fourth-order valence-electron chi connectivity index (χ4n) is 1.38. The Balaban J connectivity index is 2.81. The summed E-state index contributed by atoms with van der Waals surface area (Å²) in [4.78, 5) is 11.2. The van der Waals surface area contributed by atoms with Crippen molar-refractivity contribution in [3.05, 3.63) is 28.8 Å². The third kappa shape index (κ3) is 4.55. The zero-order valence-corrected chi connectivity index (χ0v) is 12.7. The predicted octanol–water partition coefficient (Wildman–Crippen LogP) is 1.34. The molecule has 0 saturated heterocycles. The van der Waals surface area contributed by atoms with Gasteiger partial charge in [0.1, 0.15) is 0 Å². The second-order valence-electron chi connectivity index (χ2n) is 3.93. The fraction of sp³-hybridized carbons (Fsp3) is 0.364. The molecule has 0 saturated carbocycles. The van der Waals surface area contributed by atoms with Gasteiger partial charge in [-0.05, 0) is 30.7 Å². The molecule has 1 aromatic carbocycles. The van der Waals surface area contributed by atoms with Crippen LogP contribution in [0.25, 0.3) is 0 Å². The molecule has 20 heavy (non-hydrogen) atoms. The number of ether oxygens (including phenoxy) is 1. The normalized spacial score (nSPS) is 11.4. The van der Waals surface area contributed by atoms with E-state index in [-0.39, 0.29) is 13.2 Å². The SMILES string of the molecule is CCOC(=O)NS(=O)(=O)N(C)Cc1cc(N)ccc1Cl. The average Bonchev–Trinajstić information content (AvgIpc) is 2.33. The van der Waals surface area contributed by atoms with Gasteiger partial charge in [-0.15, -0.1) is 0 Å². The monoisotopic (exact) mass is 321 g/mol. The highest BCUT2D eigenvalue weighted by Crippen LogP contribution is 2.20. The van der Waals surface area contributed by atoms with Gasteiger partial charge in [0.05, 0.1) is 6.61 Å². The van der Waals surface area contributed by atoms with E-state index in [4.69, 9.17) is 17.3 Å². The van der Waals surface area contributed by atoms with E-state index in [9.17, 15) is 13.2 Å². The highest BCUT2D eigenvalue weighted by atomic mass is 35.5. The molecule has 0 aliphatic carbocycles. The number of amides is 1. The fourth-order valence-corrected chi connectivity index (χ4v) is 2.30. The number of nitrogens with zero attached hydrogens (tertiary/aromatic N) is 1. The molecule has 112 valence electrons. The van der Waals surface area contributed by atoms with Gasteiger partial charge >= 0.3 is 16.3 Å². The van der Waals surface area contributed by atoms with Crippen molar-refractivity contribution in [2.24, 2.45) is 0 Å². The minimum atomic E-state index is -4.00. The van der Waals surface area contributed by atoms with Crippen LogP contribution in [0.5, 0.6) is 0 Å². The number of benzene rings is 1. The molecule has 1 rings (SSSR count). The number of hydrogen-bond acceptors (Lipinski definition) is 5. The van der Waals surface area contributed by atoms with Gasteiger partial charge in [-0.3, -0.25) is 0 Å². The molecule has 1 aromatic rings. The van der Waals surface area contributed by atoms with Gasteiger partial charge in [0.2, 0.25) is 0 Å². The lowest BCUT2D eigenvalue weighted by Crippen LogP contribution is -2.41. The molecule has 7 nitrogen and oxygen atoms in total. The molecule has 1 amide bonds. The number of anilines is 1. The summed E-state index contributed by atoms with van der Waals surface area (Å²) >= 11 is 5.96. The van der Waals surface area contributed by atoms with Crippen LogP contribution in [0.4, 0.5) is 10.5 Å². The Kier molecular flexibility index (Phi) is 5.61. The van der Waals surface area contributed by atoms with Crippen LogP contribution in [0.3, 0.4) is 0 Å². The Morgan fingerprint density at radius 3 is 2.75 bits per heavy atom. The van der Waals surface area contributed by atoms with E-state index in [0.29, 0.717) is 16.3 Å². The van der Waals surface area contributed by atoms with Crippen LogP contribution in [0, 0.1) is 0 Å².